The molecule has 0 aliphatic rings. The lowest BCUT2D eigenvalue weighted by Crippen LogP contribution is -2.30. The number of nitrogens with one attached hydrogen (secondary N) is 1. The van der Waals surface area contributed by atoms with Crippen molar-refractivity contribution in [2.24, 2.45) is 0 Å². The van der Waals surface area contributed by atoms with Gasteiger partial charge in [0.1, 0.15) is 11.9 Å². The van der Waals surface area contributed by atoms with Crippen LogP contribution in [0.15, 0.2) is 81.9 Å². The van der Waals surface area contributed by atoms with Gasteiger partial charge in [-0.2, -0.15) is 4.98 Å². The van der Waals surface area contributed by atoms with E-state index in [2.05, 4.69) is 15.5 Å². The van der Waals surface area contributed by atoms with Crippen LogP contribution in [0.5, 0.6) is 0 Å². The van der Waals surface area contributed by atoms with Crippen LogP contribution in [0, 0.1) is 5.82 Å². The highest BCUT2D eigenvalue weighted by Crippen LogP contribution is 2.22. The van der Waals surface area contributed by atoms with Gasteiger partial charge in [0.05, 0.1) is 6.26 Å². The van der Waals surface area contributed by atoms with Crippen LogP contribution in [0.25, 0.3) is 11.6 Å². The van der Waals surface area contributed by atoms with Crippen LogP contribution in [-0.2, 0) is 6.42 Å². The van der Waals surface area contributed by atoms with E-state index < -0.39 is 17.8 Å². The molecule has 0 unspecified atom stereocenters. The van der Waals surface area contributed by atoms with E-state index in [0.29, 0.717) is 12.2 Å². The highest BCUT2D eigenvalue weighted by atomic mass is 19.1. The average Bonchev–Trinajstić information content (AvgIpc) is 3.40. The van der Waals surface area contributed by atoms with E-state index in [1.165, 1.54) is 24.5 Å². The fraction of sp³-hybridized carbons (Fsp3) is 0.0952. The summed E-state index contributed by atoms with van der Waals surface area (Å²) in [6.45, 7) is 0. The van der Waals surface area contributed by atoms with Gasteiger partial charge >= 0.3 is 0 Å². The van der Waals surface area contributed by atoms with Gasteiger partial charge in [-0.3, -0.25) is 4.79 Å². The number of halogens is 1. The quantitative estimate of drug-likeness (QED) is 0.545. The Labute approximate surface area is 160 Å². The van der Waals surface area contributed by atoms with Gasteiger partial charge in [-0.15, -0.1) is 0 Å². The fourth-order valence-corrected chi connectivity index (χ4v) is 2.80. The van der Waals surface area contributed by atoms with Crippen molar-refractivity contribution in [1.82, 2.24) is 15.5 Å². The van der Waals surface area contributed by atoms with Crippen molar-refractivity contribution in [1.29, 1.82) is 0 Å². The number of furan rings is 1. The minimum Gasteiger partial charge on any atom is -0.461 e. The topological polar surface area (TPSA) is 81.2 Å². The van der Waals surface area contributed by atoms with Gasteiger partial charge < -0.3 is 14.3 Å². The molecule has 0 aliphatic carbocycles. The molecule has 0 aliphatic heterocycles. The summed E-state index contributed by atoms with van der Waals surface area (Å²) in [5, 5.41) is 6.78. The van der Waals surface area contributed by atoms with Crippen LogP contribution in [0.3, 0.4) is 0 Å². The van der Waals surface area contributed by atoms with Crippen LogP contribution in [-0.4, -0.2) is 16.0 Å². The third-order valence-corrected chi connectivity index (χ3v) is 4.16. The Balaban J connectivity index is 1.61. The second kappa shape index (κ2) is 7.87. The molecule has 2 aromatic heterocycles. The van der Waals surface area contributed by atoms with Crippen molar-refractivity contribution in [3.8, 4) is 11.6 Å². The van der Waals surface area contributed by atoms with Gasteiger partial charge in [-0.25, -0.2) is 4.39 Å². The van der Waals surface area contributed by atoms with Crippen molar-refractivity contribution in [3.05, 3.63) is 95.8 Å². The average molecular weight is 377 g/mol. The minimum absolute atomic E-state index is 0.212. The number of hydrogen-bond donors (Lipinski definition) is 1. The lowest BCUT2D eigenvalue weighted by atomic mass is 10.1. The summed E-state index contributed by atoms with van der Waals surface area (Å²) in [5.41, 5.74) is 1.19. The molecule has 4 aromatic rings. The molecule has 140 valence electrons. The molecule has 0 spiro atoms. The van der Waals surface area contributed by atoms with E-state index in [1.54, 1.807) is 18.2 Å². The molecule has 0 fully saturated rings. The summed E-state index contributed by atoms with van der Waals surface area (Å²) in [6, 6.07) is 17.9. The molecule has 1 N–H and O–H groups in total. The van der Waals surface area contributed by atoms with Crippen LogP contribution in [0.1, 0.15) is 27.9 Å². The Morgan fingerprint density at radius 1 is 1.07 bits per heavy atom. The summed E-state index contributed by atoms with van der Waals surface area (Å²) < 4.78 is 24.1. The molecule has 2 heterocycles. The first-order valence-corrected chi connectivity index (χ1v) is 8.67. The molecule has 0 bridgehead atoms. The zero-order chi connectivity index (χ0) is 19.3. The zero-order valence-corrected chi connectivity index (χ0v) is 14.7. The summed E-state index contributed by atoms with van der Waals surface area (Å²) in [7, 11) is 0. The van der Waals surface area contributed by atoms with Gasteiger partial charge in [-0.05, 0) is 35.9 Å². The van der Waals surface area contributed by atoms with Crippen molar-refractivity contribution in [3.63, 3.8) is 0 Å². The third-order valence-electron chi connectivity index (χ3n) is 4.16. The van der Waals surface area contributed by atoms with Crippen LogP contribution in [0.2, 0.25) is 0 Å². The first-order chi connectivity index (χ1) is 13.7. The van der Waals surface area contributed by atoms with E-state index in [4.69, 9.17) is 8.94 Å². The molecular weight excluding hydrogens is 361 g/mol. The Hall–Kier alpha value is -3.74. The third kappa shape index (κ3) is 3.98. The number of benzene rings is 2. The number of nitrogens with zero attached hydrogens (tertiary/aromatic N) is 2. The minimum atomic E-state index is -0.589. The number of aromatic nitrogens is 2. The van der Waals surface area contributed by atoms with E-state index in [1.807, 2.05) is 30.3 Å². The number of rotatable bonds is 6. The smallest absolute Gasteiger partial charge is 0.252 e. The highest BCUT2D eigenvalue weighted by Gasteiger charge is 2.23. The predicted molar refractivity (Wildman–Crippen MR) is 98.8 cm³/mol. The zero-order valence-electron chi connectivity index (χ0n) is 14.7. The molecule has 1 amide bonds. The Morgan fingerprint density at radius 2 is 1.93 bits per heavy atom. The number of carbonyl (C=O) groups excluding carboxylic acids is 1. The lowest BCUT2D eigenvalue weighted by molar-refractivity contribution is 0.0927. The Morgan fingerprint density at radius 3 is 2.68 bits per heavy atom. The van der Waals surface area contributed by atoms with Gasteiger partial charge in [0.2, 0.25) is 11.7 Å². The molecule has 0 saturated carbocycles. The van der Waals surface area contributed by atoms with E-state index in [9.17, 15) is 9.18 Å². The normalized spacial score (nSPS) is 11.9. The summed E-state index contributed by atoms with van der Waals surface area (Å²) >= 11 is 0. The van der Waals surface area contributed by atoms with Gasteiger partial charge in [0, 0.05) is 12.0 Å². The SMILES string of the molecule is O=C(N[C@H](Cc1ccccc1)c1nc(-c2ccco2)no1)c1cccc(F)c1. The Bertz CT molecular complexity index is 1060. The van der Waals surface area contributed by atoms with E-state index in [0.717, 1.165) is 5.56 Å². The summed E-state index contributed by atoms with van der Waals surface area (Å²) in [4.78, 5) is 17.0. The van der Waals surface area contributed by atoms with Gasteiger partial charge in [-0.1, -0.05) is 41.6 Å². The molecule has 2 aromatic carbocycles. The highest BCUT2D eigenvalue weighted by molar-refractivity contribution is 5.94. The Kier molecular flexibility index (Phi) is 4.97. The second-order valence-corrected chi connectivity index (χ2v) is 6.16. The first kappa shape index (κ1) is 17.7. The standard InChI is InChI=1S/C21H16FN3O3/c22-16-9-4-8-15(13-16)20(26)23-17(12-14-6-2-1-3-7-14)21-24-19(25-28-21)18-10-5-11-27-18/h1-11,13,17H,12H2,(H,23,26)/t17-/m1/s1. The van der Waals surface area contributed by atoms with E-state index >= 15 is 0 Å². The predicted octanol–water partition coefficient (Wildman–Crippen LogP) is 4.18. The lowest BCUT2D eigenvalue weighted by Gasteiger charge is -2.15. The number of hydrogen-bond acceptors (Lipinski definition) is 5. The summed E-state index contributed by atoms with van der Waals surface area (Å²) in [6.07, 6.45) is 1.94. The molecule has 6 nitrogen and oxygen atoms in total. The van der Waals surface area contributed by atoms with Crippen molar-refractivity contribution >= 4 is 5.91 Å². The molecule has 7 heteroatoms. The molecule has 0 radical (unpaired) electrons. The maximum absolute atomic E-state index is 13.5. The van der Waals surface area contributed by atoms with Crippen LogP contribution in [0.4, 0.5) is 4.39 Å². The maximum atomic E-state index is 13.5. The monoisotopic (exact) mass is 377 g/mol. The van der Waals surface area contributed by atoms with E-state index in [-0.39, 0.29) is 17.3 Å². The molecule has 1 atom stereocenters. The first-order valence-electron chi connectivity index (χ1n) is 8.67. The number of carbonyl (C=O) groups is 1. The molecule has 4 rings (SSSR count). The van der Waals surface area contributed by atoms with Crippen LogP contribution >= 0.6 is 0 Å². The molecule has 0 saturated heterocycles. The summed E-state index contributed by atoms with van der Waals surface area (Å²) in [5.74, 6) is 0.0753. The maximum Gasteiger partial charge on any atom is 0.252 e. The largest absolute Gasteiger partial charge is 0.461 e. The number of amides is 1. The van der Waals surface area contributed by atoms with Crippen LogP contribution < -0.4 is 5.32 Å². The van der Waals surface area contributed by atoms with Crippen molar-refractivity contribution in [2.45, 2.75) is 12.5 Å². The second-order valence-electron chi connectivity index (χ2n) is 6.16. The van der Waals surface area contributed by atoms with Crippen molar-refractivity contribution < 1.29 is 18.1 Å². The van der Waals surface area contributed by atoms with Gasteiger partial charge in [0.25, 0.3) is 5.91 Å². The molecular formula is C21H16FN3O3. The molecule has 28 heavy (non-hydrogen) atoms. The van der Waals surface area contributed by atoms with Crippen molar-refractivity contribution in [2.75, 3.05) is 0 Å². The van der Waals surface area contributed by atoms with Gasteiger partial charge in [0.15, 0.2) is 5.76 Å². The fourth-order valence-electron chi connectivity index (χ4n) is 2.80.